The van der Waals surface area contributed by atoms with Gasteiger partial charge in [0.05, 0.1) is 30.5 Å². The summed E-state index contributed by atoms with van der Waals surface area (Å²) in [5, 5.41) is 3.43. The van der Waals surface area contributed by atoms with Gasteiger partial charge in [0.15, 0.2) is 5.16 Å². The highest BCUT2D eigenvalue weighted by Crippen LogP contribution is 2.27. The first-order valence-corrected chi connectivity index (χ1v) is 8.64. The summed E-state index contributed by atoms with van der Waals surface area (Å²) >= 11 is 1.42. The van der Waals surface area contributed by atoms with Crippen LogP contribution in [0.3, 0.4) is 0 Å². The number of nitrogens with one attached hydrogen (secondary N) is 1. The maximum absolute atomic E-state index is 11.5. The molecule has 6 heteroatoms. The van der Waals surface area contributed by atoms with E-state index in [-0.39, 0.29) is 5.91 Å². The first-order valence-electron chi connectivity index (χ1n) is 7.65. The highest BCUT2D eigenvalue weighted by atomic mass is 32.2. The van der Waals surface area contributed by atoms with Crippen LogP contribution in [0.1, 0.15) is 11.3 Å². The number of thioether (sulfide) groups is 1. The molecule has 0 unspecified atom stereocenters. The highest BCUT2D eigenvalue weighted by molar-refractivity contribution is 7.99. The van der Waals surface area contributed by atoms with Crippen molar-refractivity contribution in [3.63, 3.8) is 0 Å². The minimum Gasteiger partial charge on any atom is -0.467 e. The third kappa shape index (κ3) is 3.71. The molecule has 1 N–H and O–H groups in total. The summed E-state index contributed by atoms with van der Waals surface area (Å²) in [6.45, 7) is 2.64. The van der Waals surface area contributed by atoms with Crippen LogP contribution < -0.4 is 5.32 Å². The zero-order valence-corrected chi connectivity index (χ0v) is 14.5. The van der Waals surface area contributed by atoms with Crippen molar-refractivity contribution in [2.24, 2.45) is 0 Å². The average Bonchev–Trinajstić information content (AvgIpc) is 3.24. The third-order valence-electron chi connectivity index (χ3n) is 3.67. The van der Waals surface area contributed by atoms with E-state index in [1.807, 2.05) is 18.3 Å². The minimum atomic E-state index is -0.0237. The lowest BCUT2D eigenvalue weighted by Gasteiger charge is -2.10. The molecule has 5 nitrogen and oxygen atoms in total. The van der Waals surface area contributed by atoms with E-state index in [4.69, 9.17) is 4.42 Å². The highest BCUT2D eigenvalue weighted by Gasteiger charge is 2.15. The van der Waals surface area contributed by atoms with Crippen molar-refractivity contribution in [1.82, 2.24) is 14.9 Å². The van der Waals surface area contributed by atoms with Crippen LogP contribution in [0.25, 0.3) is 11.3 Å². The molecule has 0 aliphatic heterocycles. The Labute approximate surface area is 145 Å². The fourth-order valence-electron chi connectivity index (χ4n) is 2.34. The molecule has 1 amide bonds. The molecule has 3 rings (SSSR count). The van der Waals surface area contributed by atoms with Gasteiger partial charge in [-0.2, -0.15) is 0 Å². The lowest BCUT2D eigenvalue weighted by molar-refractivity contribution is -0.118. The summed E-state index contributed by atoms with van der Waals surface area (Å²) in [6.07, 6.45) is 3.51. The SMILES string of the molecule is CNC(=O)CSc1ncc(-c2ccc(C)cc2)n1Cc1ccco1. The van der Waals surface area contributed by atoms with Crippen molar-refractivity contribution in [3.05, 3.63) is 60.2 Å². The van der Waals surface area contributed by atoms with Crippen molar-refractivity contribution in [2.45, 2.75) is 18.6 Å². The molecule has 0 spiro atoms. The quantitative estimate of drug-likeness (QED) is 0.699. The molecule has 2 aromatic heterocycles. The van der Waals surface area contributed by atoms with Crippen molar-refractivity contribution < 1.29 is 9.21 Å². The van der Waals surface area contributed by atoms with Crippen molar-refractivity contribution in [2.75, 3.05) is 12.8 Å². The van der Waals surface area contributed by atoms with Crippen LogP contribution in [0.2, 0.25) is 0 Å². The molecular weight excluding hydrogens is 322 g/mol. The zero-order valence-electron chi connectivity index (χ0n) is 13.7. The number of hydrogen-bond donors (Lipinski definition) is 1. The number of aromatic nitrogens is 2. The molecule has 0 fully saturated rings. The topological polar surface area (TPSA) is 60.1 Å². The number of amides is 1. The van der Waals surface area contributed by atoms with Gasteiger partial charge in [-0.05, 0) is 24.6 Å². The number of aryl methyl sites for hydroxylation is 1. The summed E-state index contributed by atoms with van der Waals surface area (Å²) in [5.41, 5.74) is 3.31. The number of imidazole rings is 1. The zero-order chi connectivity index (χ0) is 16.9. The summed E-state index contributed by atoms with van der Waals surface area (Å²) in [5.74, 6) is 1.16. The van der Waals surface area contributed by atoms with Gasteiger partial charge in [0, 0.05) is 7.05 Å². The maximum Gasteiger partial charge on any atom is 0.230 e. The first-order chi connectivity index (χ1) is 11.7. The summed E-state index contributed by atoms with van der Waals surface area (Å²) < 4.78 is 7.56. The van der Waals surface area contributed by atoms with E-state index in [0.717, 1.165) is 22.2 Å². The Bertz CT molecular complexity index is 807. The van der Waals surface area contributed by atoms with Gasteiger partial charge in [-0.25, -0.2) is 4.98 Å². The maximum atomic E-state index is 11.5. The smallest absolute Gasteiger partial charge is 0.230 e. The largest absolute Gasteiger partial charge is 0.467 e. The molecule has 2 heterocycles. The molecule has 1 aromatic carbocycles. The van der Waals surface area contributed by atoms with Gasteiger partial charge in [-0.3, -0.25) is 4.79 Å². The van der Waals surface area contributed by atoms with Crippen LogP contribution in [-0.4, -0.2) is 28.3 Å². The van der Waals surface area contributed by atoms with E-state index in [2.05, 4.69) is 46.1 Å². The van der Waals surface area contributed by atoms with Crippen LogP contribution in [0.5, 0.6) is 0 Å². The predicted molar refractivity (Wildman–Crippen MR) is 95.0 cm³/mol. The van der Waals surface area contributed by atoms with Gasteiger partial charge in [-0.15, -0.1) is 0 Å². The number of rotatable bonds is 6. The lowest BCUT2D eigenvalue weighted by Crippen LogP contribution is -2.20. The molecule has 3 aromatic rings. The van der Waals surface area contributed by atoms with Gasteiger partial charge in [0.1, 0.15) is 5.76 Å². The molecule has 24 heavy (non-hydrogen) atoms. The van der Waals surface area contributed by atoms with Gasteiger partial charge < -0.3 is 14.3 Å². The Kier molecular flexibility index (Phi) is 5.05. The number of carbonyl (C=O) groups excluding carboxylic acids is 1. The van der Waals surface area contributed by atoms with Crippen molar-refractivity contribution >= 4 is 17.7 Å². The molecule has 0 atom stereocenters. The standard InChI is InChI=1S/C18H19N3O2S/c1-13-5-7-14(8-6-13)16-10-20-18(24-12-17(22)19-2)21(16)11-15-4-3-9-23-15/h3-10H,11-12H2,1-2H3,(H,19,22). The summed E-state index contributed by atoms with van der Waals surface area (Å²) in [6, 6.07) is 12.1. The predicted octanol–water partition coefficient (Wildman–Crippen LogP) is 3.34. The fraction of sp³-hybridized carbons (Fsp3) is 0.222. The summed E-state index contributed by atoms with van der Waals surface area (Å²) in [7, 11) is 1.63. The van der Waals surface area contributed by atoms with E-state index in [9.17, 15) is 4.79 Å². The van der Waals surface area contributed by atoms with Crippen LogP contribution in [0, 0.1) is 6.92 Å². The van der Waals surface area contributed by atoms with E-state index < -0.39 is 0 Å². The lowest BCUT2D eigenvalue weighted by atomic mass is 10.1. The average molecular weight is 341 g/mol. The van der Waals surface area contributed by atoms with E-state index in [0.29, 0.717) is 12.3 Å². The first kappa shape index (κ1) is 16.4. The van der Waals surface area contributed by atoms with Gasteiger partial charge in [0.25, 0.3) is 0 Å². The second kappa shape index (κ2) is 7.40. The third-order valence-corrected chi connectivity index (χ3v) is 4.66. The van der Waals surface area contributed by atoms with E-state index >= 15 is 0 Å². The Morgan fingerprint density at radius 3 is 2.75 bits per heavy atom. The van der Waals surface area contributed by atoms with E-state index in [1.54, 1.807) is 13.3 Å². The van der Waals surface area contributed by atoms with Gasteiger partial charge in [-0.1, -0.05) is 41.6 Å². The Hall–Kier alpha value is -2.47. The number of nitrogens with zero attached hydrogens (tertiary/aromatic N) is 2. The number of carbonyl (C=O) groups is 1. The van der Waals surface area contributed by atoms with Gasteiger partial charge >= 0.3 is 0 Å². The molecule has 0 saturated heterocycles. The van der Waals surface area contributed by atoms with E-state index in [1.165, 1.54) is 17.3 Å². The Morgan fingerprint density at radius 2 is 2.08 bits per heavy atom. The van der Waals surface area contributed by atoms with Crippen LogP contribution in [0.15, 0.2) is 58.4 Å². The molecule has 0 bridgehead atoms. The number of hydrogen-bond acceptors (Lipinski definition) is 4. The molecular formula is C18H19N3O2S. The molecule has 0 aliphatic rings. The van der Waals surface area contributed by atoms with Crippen LogP contribution in [0.4, 0.5) is 0 Å². The Balaban J connectivity index is 1.93. The molecule has 0 aliphatic carbocycles. The van der Waals surface area contributed by atoms with Crippen LogP contribution >= 0.6 is 11.8 Å². The fourth-order valence-corrected chi connectivity index (χ4v) is 3.19. The minimum absolute atomic E-state index is 0.0237. The molecule has 0 radical (unpaired) electrons. The van der Waals surface area contributed by atoms with Gasteiger partial charge in [0.2, 0.25) is 5.91 Å². The normalized spacial score (nSPS) is 10.8. The van der Waals surface area contributed by atoms with Crippen molar-refractivity contribution in [1.29, 1.82) is 0 Å². The second-order valence-electron chi connectivity index (χ2n) is 5.42. The molecule has 0 saturated carbocycles. The van der Waals surface area contributed by atoms with Crippen molar-refractivity contribution in [3.8, 4) is 11.3 Å². The summed E-state index contributed by atoms with van der Waals surface area (Å²) in [4.78, 5) is 16.0. The molecule has 124 valence electrons. The second-order valence-corrected chi connectivity index (χ2v) is 6.36. The monoisotopic (exact) mass is 341 g/mol. The van der Waals surface area contributed by atoms with Crippen LogP contribution in [-0.2, 0) is 11.3 Å². The Morgan fingerprint density at radius 1 is 1.29 bits per heavy atom. The number of benzene rings is 1. The number of furan rings is 1.